The maximum Gasteiger partial charge on any atom is 0.337 e. The maximum absolute atomic E-state index is 12.8. The van der Waals surface area contributed by atoms with Gasteiger partial charge in [0.05, 0.1) is 29.3 Å². The number of esters is 1. The van der Waals surface area contributed by atoms with Crippen LogP contribution in [0.2, 0.25) is 0 Å². The number of nitrogens with one attached hydrogen (secondary N) is 1. The van der Waals surface area contributed by atoms with Crippen molar-refractivity contribution in [3.8, 4) is 0 Å². The highest BCUT2D eigenvalue weighted by molar-refractivity contribution is 7.89. The van der Waals surface area contributed by atoms with E-state index in [0.717, 1.165) is 18.4 Å². The number of allylic oxidation sites excluding steroid dienone is 2. The number of nitrogens with zero attached hydrogens (tertiary/aromatic N) is 1. The van der Waals surface area contributed by atoms with E-state index in [1.165, 1.54) is 31.4 Å². The van der Waals surface area contributed by atoms with Crippen LogP contribution in [0.15, 0.2) is 57.6 Å². The van der Waals surface area contributed by atoms with Gasteiger partial charge in [0.25, 0.3) is 10.0 Å². The lowest BCUT2D eigenvalue weighted by Gasteiger charge is -2.31. The number of carbonyl (C=O) groups excluding carboxylic acids is 1. The highest BCUT2D eigenvalue weighted by Gasteiger charge is 2.31. The third-order valence-corrected chi connectivity index (χ3v) is 5.79. The molecule has 7 heteroatoms. The fourth-order valence-corrected chi connectivity index (χ4v) is 4.29. The van der Waals surface area contributed by atoms with Crippen LogP contribution >= 0.6 is 0 Å². The Morgan fingerprint density at radius 2 is 2.16 bits per heavy atom. The van der Waals surface area contributed by atoms with E-state index in [0.29, 0.717) is 5.70 Å². The third-order valence-electron chi connectivity index (χ3n) is 4.42. The average Bonchev–Trinajstić information content (AvgIpc) is 2.63. The zero-order valence-corrected chi connectivity index (χ0v) is 14.9. The first kappa shape index (κ1) is 17.4. The van der Waals surface area contributed by atoms with Crippen molar-refractivity contribution in [1.82, 2.24) is 4.72 Å². The van der Waals surface area contributed by atoms with Gasteiger partial charge in [0.2, 0.25) is 0 Å². The van der Waals surface area contributed by atoms with Gasteiger partial charge in [-0.05, 0) is 49.8 Å². The zero-order valence-electron chi connectivity index (χ0n) is 14.1. The molecule has 0 spiro atoms. The van der Waals surface area contributed by atoms with Gasteiger partial charge in [0.1, 0.15) is 0 Å². The minimum atomic E-state index is -3.83. The molecule has 0 amide bonds. The summed E-state index contributed by atoms with van der Waals surface area (Å²) < 4.78 is 32.9. The van der Waals surface area contributed by atoms with Gasteiger partial charge >= 0.3 is 5.97 Å². The van der Waals surface area contributed by atoms with Crippen molar-refractivity contribution in [2.45, 2.75) is 30.7 Å². The number of rotatable bonds is 4. The first-order valence-electron chi connectivity index (χ1n) is 8.04. The Morgan fingerprint density at radius 3 is 2.92 bits per heavy atom. The van der Waals surface area contributed by atoms with Gasteiger partial charge in [-0.25, -0.2) is 13.2 Å². The molecule has 1 aliphatic carbocycles. The normalized spacial score (nSPS) is 22.5. The lowest BCUT2D eigenvalue weighted by molar-refractivity contribution is 0.0600. The monoisotopic (exact) mass is 360 g/mol. The summed E-state index contributed by atoms with van der Waals surface area (Å²) in [5.74, 6) is -0.377. The molecule has 1 heterocycles. The molecule has 0 saturated heterocycles. The molecule has 132 valence electrons. The van der Waals surface area contributed by atoms with E-state index in [1.807, 2.05) is 19.2 Å². The molecule has 25 heavy (non-hydrogen) atoms. The lowest BCUT2D eigenvalue weighted by atomic mass is 9.85. The average molecular weight is 360 g/mol. The van der Waals surface area contributed by atoms with Gasteiger partial charge in [-0.1, -0.05) is 18.2 Å². The van der Waals surface area contributed by atoms with Gasteiger partial charge in [-0.3, -0.25) is 9.71 Å². The van der Waals surface area contributed by atoms with Crippen molar-refractivity contribution in [2.24, 2.45) is 10.9 Å². The van der Waals surface area contributed by atoms with Gasteiger partial charge in [-0.2, -0.15) is 0 Å². The second-order valence-electron chi connectivity index (χ2n) is 6.10. The number of benzene rings is 1. The zero-order chi connectivity index (χ0) is 18.0. The van der Waals surface area contributed by atoms with Crippen LogP contribution in [-0.2, 0) is 14.8 Å². The van der Waals surface area contributed by atoms with Gasteiger partial charge in [0.15, 0.2) is 0 Å². The summed E-state index contributed by atoms with van der Waals surface area (Å²) in [5, 5.41) is 0. The molecule has 6 nitrogen and oxygen atoms in total. The molecule has 0 fully saturated rings. The standard InChI is InChI=1S/C18H20N2O4S/c1-12-8-9-13-6-4-10-19-17(13)16(12)20-25(22,23)15-7-3-5-14(11-15)18(21)24-2/h3,5,7-11,13,17,20H,4,6H2,1-2H3. The van der Waals surface area contributed by atoms with Crippen LogP contribution in [-0.4, -0.2) is 33.8 Å². The minimum absolute atomic E-state index is 0.0154. The van der Waals surface area contributed by atoms with Crippen molar-refractivity contribution in [2.75, 3.05) is 7.11 Å². The molecule has 1 aliphatic heterocycles. The number of hydrogen-bond acceptors (Lipinski definition) is 5. The summed E-state index contributed by atoms with van der Waals surface area (Å²) in [5.41, 5.74) is 1.62. The van der Waals surface area contributed by atoms with Crippen LogP contribution in [0.3, 0.4) is 0 Å². The first-order chi connectivity index (χ1) is 11.9. The van der Waals surface area contributed by atoms with Crippen molar-refractivity contribution in [1.29, 1.82) is 0 Å². The molecule has 0 radical (unpaired) electrons. The molecule has 0 aromatic heterocycles. The molecule has 1 N–H and O–H groups in total. The van der Waals surface area contributed by atoms with E-state index in [4.69, 9.17) is 0 Å². The predicted octanol–water partition coefficient (Wildman–Crippen LogP) is 2.44. The Hall–Kier alpha value is -2.41. The number of ether oxygens (including phenoxy) is 1. The summed E-state index contributed by atoms with van der Waals surface area (Å²) in [6.07, 6.45) is 7.71. The van der Waals surface area contributed by atoms with Gasteiger partial charge in [-0.15, -0.1) is 0 Å². The Balaban J connectivity index is 1.93. The lowest BCUT2D eigenvalue weighted by Crippen LogP contribution is -2.36. The summed E-state index contributed by atoms with van der Waals surface area (Å²) in [6, 6.07) is 5.58. The fraction of sp³-hybridized carbons (Fsp3) is 0.333. The summed E-state index contributed by atoms with van der Waals surface area (Å²) >= 11 is 0. The Bertz CT molecular complexity index is 884. The number of carbonyl (C=O) groups is 1. The Kier molecular flexibility index (Phi) is 4.76. The molecule has 0 bridgehead atoms. The van der Waals surface area contributed by atoms with E-state index < -0.39 is 16.0 Å². The summed E-state index contributed by atoms with van der Waals surface area (Å²) in [4.78, 5) is 16.1. The van der Waals surface area contributed by atoms with E-state index in [2.05, 4.69) is 20.5 Å². The van der Waals surface area contributed by atoms with Crippen LogP contribution in [0.25, 0.3) is 0 Å². The summed E-state index contributed by atoms with van der Waals surface area (Å²) in [7, 11) is -2.58. The van der Waals surface area contributed by atoms with Crippen molar-refractivity contribution in [3.63, 3.8) is 0 Å². The smallest absolute Gasteiger partial charge is 0.337 e. The molecule has 1 aromatic carbocycles. The minimum Gasteiger partial charge on any atom is -0.465 e. The molecule has 2 aliphatic rings. The SMILES string of the molecule is COC(=O)c1cccc(S(=O)(=O)NC2=C(C)C=CC3CCC=NC23)c1. The van der Waals surface area contributed by atoms with E-state index in [9.17, 15) is 13.2 Å². The number of fused-ring (bicyclic) bond motifs is 1. The highest BCUT2D eigenvalue weighted by Crippen LogP contribution is 2.31. The molecule has 2 unspecified atom stereocenters. The van der Waals surface area contributed by atoms with E-state index in [-0.39, 0.29) is 22.4 Å². The van der Waals surface area contributed by atoms with E-state index in [1.54, 1.807) is 0 Å². The van der Waals surface area contributed by atoms with Crippen LogP contribution in [0.1, 0.15) is 30.1 Å². The first-order valence-corrected chi connectivity index (χ1v) is 9.52. The summed E-state index contributed by atoms with van der Waals surface area (Å²) in [6.45, 7) is 1.86. The molecule has 1 aromatic rings. The molecule has 0 saturated carbocycles. The second kappa shape index (κ2) is 6.84. The largest absolute Gasteiger partial charge is 0.465 e. The molecular weight excluding hydrogens is 340 g/mol. The van der Waals surface area contributed by atoms with Crippen LogP contribution in [0, 0.1) is 5.92 Å². The van der Waals surface area contributed by atoms with Crippen molar-refractivity contribution in [3.05, 3.63) is 53.3 Å². The molecule has 3 rings (SSSR count). The fourth-order valence-electron chi connectivity index (χ4n) is 3.06. The predicted molar refractivity (Wildman–Crippen MR) is 94.9 cm³/mol. The number of hydrogen-bond donors (Lipinski definition) is 1. The van der Waals surface area contributed by atoms with E-state index >= 15 is 0 Å². The maximum atomic E-state index is 12.8. The third kappa shape index (κ3) is 3.51. The highest BCUT2D eigenvalue weighted by atomic mass is 32.2. The van der Waals surface area contributed by atoms with Crippen LogP contribution < -0.4 is 4.72 Å². The Labute approximate surface area is 147 Å². The molecular formula is C18H20N2O4S. The quantitative estimate of drug-likeness (QED) is 0.836. The van der Waals surface area contributed by atoms with Gasteiger partial charge < -0.3 is 4.74 Å². The van der Waals surface area contributed by atoms with Crippen LogP contribution in [0.4, 0.5) is 0 Å². The number of sulfonamides is 1. The van der Waals surface area contributed by atoms with Crippen LogP contribution in [0.5, 0.6) is 0 Å². The second-order valence-corrected chi connectivity index (χ2v) is 7.78. The number of methoxy groups -OCH3 is 1. The number of aliphatic imine (C=N–C) groups is 1. The topological polar surface area (TPSA) is 84.8 Å². The van der Waals surface area contributed by atoms with Gasteiger partial charge in [0, 0.05) is 5.92 Å². The van der Waals surface area contributed by atoms with Crippen molar-refractivity contribution < 1.29 is 17.9 Å². The van der Waals surface area contributed by atoms with Crippen molar-refractivity contribution >= 4 is 22.2 Å². The molecule has 2 atom stereocenters. The Morgan fingerprint density at radius 1 is 1.36 bits per heavy atom.